The molecule has 20 heavy (non-hydrogen) atoms. The number of carbonyl (C=O) groups is 1. The smallest absolute Gasteiger partial charge is 0.248 e. The van der Waals surface area contributed by atoms with Gasteiger partial charge in [0.15, 0.2) is 0 Å². The van der Waals surface area contributed by atoms with Gasteiger partial charge in [-0.15, -0.1) is 0 Å². The molecule has 0 fully saturated rings. The molecule has 0 saturated carbocycles. The summed E-state index contributed by atoms with van der Waals surface area (Å²) >= 11 is 0. The molecule has 2 N–H and O–H groups in total. The Labute approximate surface area is 116 Å². The predicted octanol–water partition coefficient (Wildman–Crippen LogP) is 1.61. The Bertz CT molecular complexity index is 593. The molecule has 1 aromatic carbocycles. The third-order valence-electron chi connectivity index (χ3n) is 3.07. The van der Waals surface area contributed by atoms with Gasteiger partial charge in [0, 0.05) is 31.0 Å². The van der Waals surface area contributed by atoms with Crippen LogP contribution in [0, 0.1) is 5.82 Å². The van der Waals surface area contributed by atoms with Crippen LogP contribution in [-0.4, -0.2) is 22.2 Å². The van der Waals surface area contributed by atoms with Crippen molar-refractivity contribution in [2.24, 2.45) is 12.8 Å². The van der Waals surface area contributed by atoms with Gasteiger partial charge < -0.3 is 10.6 Å². The number of hydrogen-bond acceptors (Lipinski definition) is 3. The zero-order valence-corrected chi connectivity index (χ0v) is 11.5. The first-order valence-electron chi connectivity index (χ1n) is 6.34. The second-order valence-corrected chi connectivity index (χ2v) is 4.48. The van der Waals surface area contributed by atoms with Gasteiger partial charge in [0.25, 0.3) is 0 Å². The lowest BCUT2D eigenvalue weighted by atomic mass is 10.1. The first-order chi connectivity index (χ1) is 9.52. The van der Waals surface area contributed by atoms with Gasteiger partial charge in [0.2, 0.25) is 5.91 Å². The van der Waals surface area contributed by atoms with E-state index in [2.05, 4.69) is 5.10 Å². The lowest BCUT2D eigenvalue weighted by Crippen LogP contribution is -2.38. The number of rotatable bonds is 4. The van der Waals surface area contributed by atoms with Crippen molar-refractivity contribution in [3.05, 3.63) is 48.0 Å². The maximum Gasteiger partial charge on any atom is 0.248 e. The van der Waals surface area contributed by atoms with Crippen LogP contribution in [0.5, 0.6) is 0 Å². The second kappa shape index (κ2) is 5.83. The van der Waals surface area contributed by atoms with Crippen LogP contribution in [-0.2, 0) is 11.8 Å². The minimum atomic E-state index is -0.784. The minimum absolute atomic E-state index is 0.243. The van der Waals surface area contributed by atoms with Crippen molar-refractivity contribution < 1.29 is 9.18 Å². The van der Waals surface area contributed by atoms with Gasteiger partial charge in [-0.05, 0) is 31.2 Å². The summed E-state index contributed by atoms with van der Waals surface area (Å²) < 4.78 is 14.5. The number of aryl methyl sites for hydroxylation is 1. The van der Waals surface area contributed by atoms with Crippen LogP contribution in [0.4, 0.5) is 10.1 Å². The Morgan fingerprint density at radius 3 is 2.60 bits per heavy atom. The number of nitrogens with zero attached hydrogens (tertiary/aromatic N) is 3. The fourth-order valence-electron chi connectivity index (χ4n) is 2.00. The standard InChI is InChI=1S/C14H17FN4O/c1-3-19(12-6-4-11(15)5-7-12)14(20)13(16)10-8-17-18(2)9-10/h4-9,13H,3,16H2,1-2H3. The van der Waals surface area contributed by atoms with Crippen LogP contribution in [0.25, 0.3) is 0 Å². The van der Waals surface area contributed by atoms with E-state index in [1.807, 2.05) is 6.92 Å². The molecular formula is C14H17FN4O. The number of likely N-dealkylation sites (N-methyl/N-ethyl adjacent to an activating group) is 1. The van der Waals surface area contributed by atoms with Crippen LogP contribution in [0.1, 0.15) is 18.5 Å². The fraction of sp³-hybridized carbons (Fsp3) is 0.286. The first kappa shape index (κ1) is 14.2. The summed E-state index contributed by atoms with van der Waals surface area (Å²) in [6, 6.07) is 4.98. The number of benzene rings is 1. The van der Waals surface area contributed by atoms with E-state index in [9.17, 15) is 9.18 Å². The number of aromatic nitrogens is 2. The van der Waals surface area contributed by atoms with Crippen LogP contribution in [0.15, 0.2) is 36.7 Å². The molecule has 2 rings (SSSR count). The van der Waals surface area contributed by atoms with Crippen LogP contribution in [0.2, 0.25) is 0 Å². The molecule has 1 unspecified atom stereocenters. The maximum atomic E-state index is 12.9. The quantitative estimate of drug-likeness (QED) is 0.922. The van der Waals surface area contributed by atoms with Gasteiger partial charge in [-0.3, -0.25) is 9.48 Å². The molecule has 6 heteroatoms. The highest BCUT2D eigenvalue weighted by Crippen LogP contribution is 2.19. The Morgan fingerprint density at radius 2 is 2.10 bits per heavy atom. The number of hydrogen-bond donors (Lipinski definition) is 1. The molecule has 0 aliphatic heterocycles. The highest BCUT2D eigenvalue weighted by atomic mass is 19.1. The number of halogens is 1. The molecule has 106 valence electrons. The summed E-state index contributed by atoms with van der Waals surface area (Å²) in [6.45, 7) is 2.30. The summed E-state index contributed by atoms with van der Waals surface area (Å²) in [7, 11) is 1.76. The van der Waals surface area contributed by atoms with E-state index >= 15 is 0 Å². The van der Waals surface area contributed by atoms with Crippen molar-refractivity contribution in [1.29, 1.82) is 0 Å². The number of anilines is 1. The van der Waals surface area contributed by atoms with Crippen LogP contribution in [0.3, 0.4) is 0 Å². The molecule has 1 heterocycles. The third-order valence-corrected chi connectivity index (χ3v) is 3.07. The molecule has 0 spiro atoms. The monoisotopic (exact) mass is 276 g/mol. The highest BCUT2D eigenvalue weighted by Gasteiger charge is 2.23. The Morgan fingerprint density at radius 1 is 1.45 bits per heavy atom. The molecule has 1 aromatic heterocycles. The van der Waals surface area contributed by atoms with Crippen LogP contribution >= 0.6 is 0 Å². The lowest BCUT2D eigenvalue weighted by Gasteiger charge is -2.24. The van der Waals surface area contributed by atoms with E-state index in [4.69, 9.17) is 5.73 Å². The topological polar surface area (TPSA) is 64.2 Å². The van der Waals surface area contributed by atoms with Gasteiger partial charge in [-0.2, -0.15) is 5.10 Å². The van der Waals surface area contributed by atoms with Crippen molar-refractivity contribution >= 4 is 11.6 Å². The summed E-state index contributed by atoms with van der Waals surface area (Å²) in [6.07, 6.45) is 3.28. The molecule has 0 aliphatic carbocycles. The average Bonchev–Trinajstić information content (AvgIpc) is 2.87. The highest BCUT2D eigenvalue weighted by molar-refractivity contribution is 5.97. The summed E-state index contributed by atoms with van der Waals surface area (Å²) in [5, 5.41) is 4.01. The van der Waals surface area contributed by atoms with Crippen LogP contribution < -0.4 is 10.6 Å². The maximum absolute atomic E-state index is 12.9. The Balaban J connectivity index is 2.22. The summed E-state index contributed by atoms with van der Waals surface area (Å²) in [4.78, 5) is 14.0. The molecule has 0 radical (unpaired) electrons. The number of nitrogens with two attached hydrogens (primary N) is 1. The van der Waals surface area contributed by atoms with E-state index in [-0.39, 0.29) is 11.7 Å². The van der Waals surface area contributed by atoms with Gasteiger partial charge in [-0.1, -0.05) is 0 Å². The lowest BCUT2D eigenvalue weighted by molar-refractivity contribution is -0.119. The first-order valence-corrected chi connectivity index (χ1v) is 6.34. The SMILES string of the molecule is CCN(C(=O)C(N)c1cnn(C)c1)c1ccc(F)cc1. The van der Waals surface area contributed by atoms with Crippen molar-refractivity contribution in [2.45, 2.75) is 13.0 Å². The minimum Gasteiger partial charge on any atom is -0.316 e. The van der Waals surface area contributed by atoms with Crippen molar-refractivity contribution in [2.75, 3.05) is 11.4 Å². The Kier molecular flexibility index (Phi) is 4.14. The van der Waals surface area contributed by atoms with E-state index in [0.29, 0.717) is 17.8 Å². The molecule has 1 amide bonds. The molecule has 0 aliphatic rings. The number of carbonyl (C=O) groups excluding carboxylic acids is 1. The summed E-state index contributed by atoms with van der Waals surface area (Å²) in [5.41, 5.74) is 7.25. The van der Waals surface area contributed by atoms with E-state index in [1.54, 1.807) is 36.3 Å². The number of amides is 1. The normalized spacial score (nSPS) is 12.2. The molecular weight excluding hydrogens is 259 g/mol. The van der Waals surface area contributed by atoms with Crippen molar-refractivity contribution in [3.63, 3.8) is 0 Å². The largest absolute Gasteiger partial charge is 0.316 e. The van der Waals surface area contributed by atoms with Crippen molar-refractivity contribution in [1.82, 2.24) is 9.78 Å². The van der Waals surface area contributed by atoms with Gasteiger partial charge in [-0.25, -0.2) is 4.39 Å². The summed E-state index contributed by atoms with van der Waals surface area (Å²) in [5.74, 6) is -0.582. The van der Waals surface area contributed by atoms with Gasteiger partial charge in [0.1, 0.15) is 11.9 Å². The van der Waals surface area contributed by atoms with Crippen molar-refractivity contribution in [3.8, 4) is 0 Å². The van der Waals surface area contributed by atoms with Gasteiger partial charge in [0.05, 0.1) is 6.20 Å². The van der Waals surface area contributed by atoms with E-state index in [1.165, 1.54) is 17.0 Å². The zero-order chi connectivity index (χ0) is 14.7. The van der Waals surface area contributed by atoms with E-state index in [0.717, 1.165) is 0 Å². The molecule has 0 bridgehead atoms. The molecule has 1 atom stereocenters. The third kappa shape index (κ3) is 2.85. The average molecular weight is 276 g/mol. The predicted molar refractivity (Wildman–Crippen MR) is 74.6 cm³/mol. The Hall–Kier alpha value is -2.21. The molecule has 5 nitrogen and oxygen atoms in total. The fourth-order valence-corrected chi connectivity index (χ4v) is 2.00. The molecule has 2 aromatic rings. The second-order valence-electron chi connectivity index (χ2n) is 4.48. The van der Waals surface area contributed by atoms with Gasteiger partial charge >= 0.3 is 0 Å². The zero-order valence-electron chi connectivity index (χ0n) is 11.5. The van der Waals surface area contributed by atoms with E-state index < -0.39 is 6.04 Å². The molecule has 0 saturated heterocycles.